The average molecular weight is 204 g/mol. The maximum atomic E-state index is 10.7. The van der Waals surface area contributed by atoms with E-state index >= 15 is 0 Å². The zero-order chi connectivity index (χ0) is 11.3. The smallest absolute Gasteiger partial charge is 0.384 e. The third-order valence-corrected chi connectivity index (χ3v) is 1.63. The third kappa shape index (κ3) is 3.16. The summed E-state index contributed by atoms with van der Waals surface area (Å²) in [7, 11) is 1.24. The highest BCUT2D eigenvalue weighted by Gasteiger charge is 2.00. The van der Waals surface area contributed by atoms with Gasteiger partial charge in [-0.25, -0.2) is 9.59 Å². The van der Waals surface area contributed by atoms with Crippen molar-refractivity contribution in [1.29, 1.82) is 0 Å². The highest BCUT2D eigenvalue weighted by Crippen LogP contribution is 2.02. The molecule has 0 aliphatic rings. The second-order valence-electron chi connectivity index (χ2n) is 2.62. The van der Waals surface area contributed by atoms with E-state index < -0.39 is 11.9 Å². The summed E-state index contributed by atoms with van der Waals surface area (Å²) in [5, 5.41) is 8.62. The number of hydrogen-bond acceptors (Lipinski definition) is 3. The minimum atomic E-state index is -0.998. The summed E-state index contributed by atoms with van der Waals surface area (Å²) in [6, 6.07) is 5.89. The van der Waals surface area contributed by atoms with Gasteiger partial charge in [-0.1, -0.05) is 5.92 Å². The maximum absolute atomic E-state index is 10.7. The van der Waals surface area contributed by atoms with Crippen LogP contribution >= 0.6 is 0 Å². The van der Waals surface area contributed by atoms with Crippen LogP contribution in [0.15, 0.2) is 24.3 Å². The SMILES string of the molecule is COC(=O)C#Cc1ccc(C(=O)O)cc1. The van der Waals surface area contributed by atoms with Crippen LogP contribution < -0.4 is 0 Å². The van der Waals surface area contributed by atoms with Crippen molar-refractivity contribution >= 4 is 11.9 Å². The van der Waals surface area contributed by atoms with E-state index in [1.165, 1.54) is 31.4 Å². The molecule has 1 rings (SSSR count). The molecule has 0 fully saturated rings. The predicted octanol–water partition coefficient (Wildman–Crippen LogP) is 0.909. The number of carboxylic acid groups (broad SMARTS) is 1. The summed E-state index contributed by atoms with van der Waals surface area (Å²) in [6.45, 7) is 0. The van der Waals surface area contributed by atoms with Gasteiger partial charge >= 0.3 is 11.9 Å². The van der Waals surface area contributed by atoms with E-state index in [1.54, 1.807) is 0 Å². The van der Waals surface area contributed by atoms with Gasteiger partial charge in [-0.15, -0.1) is 0 Å². The molecule has 0 aromatic heterocycles. The van der Waals surface area contributed by atoms with E-state index in [-0.39, 0.29) is 5.56 Å². The van der Waals surface area contributed by atoms with Crippen molar-refractivity contribution < 1.29 is 19.4 Å². The van der Waals surface area contributed by atoms with Crippen LogP contribution in [0.3, 0.4) is 0 Å². The Morgan fingerprint density at radius 2 is 1.87 bits per heavy atom. The van der Waals surface area contributed by atoms with E-state index in [0.717, 1.165) is 0 Å². The van der Waals surface area contributed by atoms with Gasteiger partial charge in [0.05, 0.1) is 12.7 Å². The molecule has 0 amide bonds. The van der Waals surface area contributed by atoms with Crippen molar-refractivity contribution in [3.63, 3.8) is 0 Å². The summed E-state index contributed by atoms with van der Waals surface area (Å²) < 4.78 is 4.33. The number of ether oxygens (including phenoxy) is 1. The number of esters is 1. The van der Waals surface area contributed by atoms with Crippen molar-refractivity contribution in [2.45, 2.75) is 0 Å². The topological polar surface area (TPSA) is 63.6 Å². The molecule has 0 heterocycles. The van der Waals surface area contributed by atoms with Crippen molar-refractivity contribution in [1.82, 2.24) is 0 Å². The molecule has 0 spiro atoms. The summed E-state index contributed by atoms with van der Waals surface area (Å²) in [4.78, 5) is 21.2. The lowest BCUT2D eigenvalue weighted by atomic mass is 10.1. The summed E-state index contributed by atoms with van der Waals surface area (Å²) in [6.07, 6.45) is 0. The fourth-order valence-corrected chi connectivity index (χ4v) is 0.870. The fourth-order valence-electron chi connectivity index (χ4n) is 0.870. The lowest BCUT2D eigenvalue weighted by Gasteiger charge is -1.93. The minimum absolute atomic E-state index is 0.179. The maximum Gasteiger partial charge on any atom is 0.384 e. The van der Waals surface area contributed by atoms with E-state index in [2.05, 4.69) is 16.6 Å². The van der Waals surface area contributed by atoms with Crippen molar-refractivity contribution in [3.8, 4) is 11.8 Å². The van der Waals surface area contributed by atoms with Gasteiger partial charge in [0.1, 0.15) is 0 Å². The van der Waals surface area contributed by atoms with Crippen molar-refractivity contribution in [2.75, 3.05) is 7.11 Å². The molecule has 1 N–H and O–H groups in total. The van der Waals surface area contributed by atoms with E-state index in [0.29, 0.717) is 5.56 Å². The molecule has 1 aromatic carbocycles. The number of hydrogen-bond donors (Lipinski definition) is 1. The molecule has 0 saturated heterocycles. The summed E-state index contributed by atoms with van der Waals surface area (Å²) in [5.74, 6) is 3.16. The standard InChI is InChI=1S/C11H8O4/c1-15-10(12)7-4-8-2-5-9(6-3-8)11(13)14/h2-3,5-6H,1H3,(H,13,14). The first-order valence-corrected chi connectivity index (χ1v) is 4.07. The van der Waals surface area contributed by atoms with Crippen LogP contribution in [-0.2, 0) is 9.53 Å². The Balaban J connectivity index is 2.84. The summed E-state index contributed by atoms with van der Waals surface area (Å²) >= 11 is 0. The van der Waals surface area contributed by atoms with Crippen molar-refractivity contribution in [3.05, 3.63) is 35.4 Å². The van der Waals surface area contributed by atoms with Gasteiger partial charge in [-0.2, -0.15) is 0 Å². The Kier molecular flexibility index (Phi) is 3.47. The van der Waals surface area contributed by atoms with Gasteiger partial charge in [0, 0.05) is 11.5 Å². The predicted molar refractivity (Wildman–Crippen MR) is 52.3 cm³/mol. The van der Waals surface area contributed by atoms with Gasteiger partial charge in [-0.3, -0.25) is 0 Å². The fraction of sp³-hybridized carbons (Fsp3) is 0.0909. The molecule has 0 saturated carbocycles. The molecular weight excluding hydrogens is 196 g/mol. The first kappa shape index (κ1) is 10.8. The molecule has 0 aliphatic heterocycles. The molecule has 0 unspecified atom stereocenters. The number of carboxylic acids is 1. The molecule has 1 aromatic rings. The Labute approximate surface area is 86.5 Å². The minimum Gasteiger partial charge on any atom is -0.478 e. The lowest BCUT2D eigenvalue weighted by Crippen LogP contribution is -1.96. The van der Waals surface area contributed by atoms with Crippen LogP contribution in [0.25, 0.3) is 0 Å². The zero-order valence-corrected chi connectivity index (χ0v) is 7.98. The number of carbonyl (C=O) groups is 2. The first-order valence-electron chi connectivity index (χ1n) is 4.07. The van der Waals surface area contributed by atoms with Crippen LogP contribution in [0.1, 0.15) is 15.9 Å². The Hall–Kier alpha value is -2.28. The number of aromatic carboxylic acids is 1. The van der Waals surface area contributed by atoms with E-state index in [9.17, 15) is 9.59 Å². The molecular formula is C11H8O4. The monoisotopic (exact) mass is 204 g/mol. The molecule has 4 heteroatoms. The van der Waals surface area contributed by atoms with Gasteiger partial charge < -0.3 is 9.84 Å². The Morgan fingerprint density at radius 3 is 2.33 bits per heavy atom. The van der Waals surface area contributed by atoms with Gasteiger partial charge in [-0.05, 0) is 24.3 Å². The van der Waals surface area contributed by atoms with E-state index in [1.807, 2.05) is 0 Å². The second kappa shape index (κ2) is 4.82. The number of methoxy groups -OCH3 is 1. The van der Waals surface area contributed by atoms with Crippen LogP contribution in [0.5, 0.6) is 0 Å². The lowest BCUT2D eigenvalue weighted by molar-refractivity contribution is -0.133. The Morgan fingerprint density at radius 1 is 1.27 bits per heavy atom. The van der Waals surface area contributed by atoms with Gasteiger partial charge in [0.25, 0.3) is 0 Å². The van der Waals surface area contributed by atoms with Crippen LogP contribution in [0.2, 0.25) is 0 Å². The quantitative estimate of drug-likeness (QED) is 0.545. The van der Waals surface area contributed by atoms with Crippen molar-refractivity contribution in [2.24, 2.45) is 0 Å². The molecule has 4 nitrogen and oxygen atoms in total. The molecule has 0 atom stereocenters. The van der Waals surface area contributed by atoms with Gasteiger partial charge in [0.15, 0.2) is 0 Å². The second-order valence-corrected chi connectivity index (χ2v) is 2.62. The Bertz CT molecular complexity index is 434. The van der Waals surface area contributed by atoms with Gasteiger partial charge in [0.2, 0.25) is 0 Å². The molecule has 0 bridgehead atoms. The average Bonchev–Trinajstić information content (AvgIpc) is 2.26. The first-order chi connectivity index (χ1) is 7.13. The molecule has 0 radical (unpaired) electrons. The number of rotatable bonds is 1. The molecule has 76 valence electrons. The number of carbonyl (C=O) groups excluding carboxylic acids is 1. The number of benzene rings is 1. The van der Waals surface area contributed by atoms with E-state index in [4.69, 9.17) is 5.11 Å². The molecule has 0 aliphatic carbocycles. The van der Waals surface area contributed by atoms with Crippen LogP contribution in [0.4, 0.5) is 0 Å². The van der Waals surface area contributed by atoms with Crippen LogP contribution in [0, 0.1) is 11.8 Å². The largest absolute Gasteiger partial charge is 0.478 e. The summed E-state index contributed by atoms with van der Waals surface area (Å²) in [5.41, 5.74) is 0.740. The molecule has 15 heavy (non-hydrogen) atoms. The third-order valence-electron chi connectivity index (χ3n) is 1.63. The highest BCUT2D eigenvalue weighted by molar-refractivity contribution is 5.89. The zero-order valence-electron chi connectivity index (χ0n) is 7.98. The highest BCUT2D eigenvalue weighted by atomic mass is 16.5. The normalized spacial score (nSPS) is 8.60. The van der Waals surface area contributed by atoms with Crippen LogP contribution in [-0.4, -0.2) is 24.2 Å².